The van der Waals surface area contributed by atoms with E-state index in [9.17, 15) is 0 Å². The summed E-state index contributed by atoms with van der Waals surface area (Å²) in [7, 11) is 0. The molecule has 26 heavy (non-hydrogen) atoms. The Labute approximate surface area is 150 Å². The minimum absolute atomic E-state index is 0.659. The molecule has 0 atom stereocenters. The Morgan fingerprint density at radius 2 is 1.77 bits per heavy atom. The van der Waals surface area contributed by atoms with Crippen LogP contribution in [0.5, 0.6) is 0 Å². The standard InChI is InChI=1S/C21H15N5/c1-2-5-16(6-3-1)19-12-23-20-21(25-19)26(14-24-20)13-15-8-9-18-17(11-15)7-4-10-22-18/h1-12,14H,13H2. The fourth-order valence-corrected chi connectivity index (χ4v) is 3.12. The van der Waals surface area contributed by atoms with Gasteiger partial charge in [-0.25, -0.2) is 15.0 Å². The van der Waals surface area contributed by atoms with Gasteiger partial charge in [0.2, 0.25) is 0 Å². The Balaban J connectivity index is 1.55. The zero-order valence-electron chi connectivity index (χ0n) is 13.9. The van der Waals surface area contributed by atoms with E-state index in [1.165, 1.54) is 5.56 Å². The van der Waals surface area contributed by atoms with Gasteiger partial charge in [-0.3, -0.25) is 4.98 Å². The summed E-state index contributed by atoms with van der Waals surface area (Å²) in [5.41, 5.74) is 5.52. The quantitative estimate of drug-likeness (QED) is 0.497. The number of hydrogen-bond donors (Lipinski definition) is 0. The second-order valence-electron chi connectivity index (χ2n) is 6.17. The molecule has 0 amide bonds. The maximum atomic E-state index is 4.79. The predicted octanol–water partition coefficient (Wildman–Crippen LogP) is 4.09. The summed E-state index contributed by atoms with van der Waals surface area (Å²) in [6, 6.07) is 20.4. The van der Waals surface area contributed by atoms with Crippen molar-refractivity contribution in [3.05, 3.63) is 84.9 Å². The minimum Gasteiger partial charge on any atom is -0.309 e. The molecule has 0 aliphatic rings. The molecule has 3 heterocycles. The molecule has 3 aromatic heterocycles. The van der Waals surface area contributed by atoms with E-state index in [1.807, 2.05) is 53.2 Å². The van der Waals surface area contributed by atoms with Crippen LogP contribution in [0.25, 0.3) is 33.5 Å². The number of aromatic nitrogens is 5. The van der Waals surface area contributed by atoms with Gasteiger partial charge in [0.25, 0.3) is 0 Å². The van der Waals surface area contributed by atoms with Crippen LogP contribution in [0.3, 0.4) is 0 Å². The average Bonchev–Trinajstić information content (AvgIpc) is 3.10. The molecule has 5 heteroatoms. The van der Waals surface area contributed by atoms with Crippen LogP contribution < -0.4 is 0 Å². The Morgan fingerprint density at radius 1 is 0.846 bits per heavy atom. The van der Waals surface area contributed by atoms with Gasteiger partial charge < -0.3 is 4.57 Å². The summed E-state index contributed by atoms with van der Waals surface area (Å²) in [5.74, 6) is 0. The van der Waals surface area contributed by atoms with Gasteiger partial charge in [0.15, 0.2) is 11.3 Å². The number of fused-ring (bicyclic) bond motifs is 2. The lowest BCUT2D eigenvalue weighted by molar-refractivity contribution is 0.815. The molecule has 5 nitrogen and oxygen atoms in total. The zero-order valence-corrected chi connectivity index (χ0v) is 13.9. The monoisotopic (exact) mass is 337 g/mol. The fraction of sp³-hybridized carbons (Fsp3) is 0.0476. The normalized spacial score (nSPS) is 11.2. The van der Waals surface area contributed by atoms with E-state index in [-0.39, 0.29) is 0 Å². The lowest BCUT2D eigenvalue weighted by Crippen LogP contribution is -2.00. The Kier molecular flexibility index (Phi) is 3.42. The van der Waals surface area contributed by atoms with Crippen molar-refractivity contribution >= 4 is 22.2 Å². The minimum atomic E-state index is 0.659. The third kappa shape index (κ3) is 2.59. The lowest BCUT2D eigenvalue weighted by Gasteiger charge is -2.06. The highest BCUT2D eigenvalue weighted by Crippen LogP contribution is 2.20. The van der Waals surface area contributed by atoms with Crippen LogP contribution in [-0.2, 0) is 6.54 Å². The van der Waals surface area contributed by atoms with E-state index in [0.29, 0.717) is 12.2 Å². The largest absolute Gasteiger partial charge is 0.309 e. The van der Waals surface area contributed by atoms with Crippen LogP contribution in [0.4, 0.5) is 0 Å². The van der Waals surface area contributed by atoms with E-state index >= 15 is 0 Å². The van der Waals surface area contributed by atoms with Crippen LogP contribution in [0, 0.1) is 0 Å². The number of rotatable bonds is 3. The van der Waals surface area contributed by atoms with Crippen LogP contribution in [0.2, 0.25) is 0 Å². The summed E-state index contributed by atoms with van der Waals surface area (Å²) in [6.07, 6.45) is 5.38. The van der Waals surface area contributed by atoms with Crippen molar-refractivity contribution in [1.82, 2.24) is 24.5 Å². The summed E-state index contributed by atoms with van der Waals surface area (Å²) in [5, 5.41) is 1.13. The average molecular weight is 337 g/mol. The van der Waals surface area contributed by atoms with E-state index in [4.69, 9.17) is 4.98 Å². The molecule has 0 unspecified atom stereocenters. The first-order valence-corrected chi connectivity index (χ1v) is 8.44. The Bertz CT molecular complexity index is 1210. The molecule has 0 saturated carbocycles. The van der Waals surface area contributed by atoms with E-state index in [0.717, 1.165) is 27.8 Å². The Hall–Kier alpha value is -3.60. The third-order valence-corrected chi connectivity index (χ3v) is 4.42. The summed E-state index contributed by atoms with van der Waals surface area (Å²) >= 11 is 0. The third-order valence-electron chi connectivity index (χ3n) is 4.42. The van der Waals surface area contributed by atoms with Crippen molar-refractivity contribution in [2.45, 2.75) is 6.54 Å². The highest BCUT2D eigenvalue weighted by atomic mass is 15.1. The molecule has 0 saturated heterocycles. The van der Waals surface area contributed by atoms with Gasteiger partial charge in [-0.2, -0.15) is 0 Å². The van der Waals surface area contributed by atoms with Gasteiger partial charge in [-0.05, 0) is 23.8 Å². The molecule has 124 valence electrons. The van der Waals surface area contributed by atoms with E-state index in [1.54, 1.807) is 12.5 Å². The molecular formula is C21H15N5. The molecule has 5 rings (SSSR count). The van der Waals surface area contributed by atoms with Gasteiger partial charge in [-0.15, -0.1) is 0 Å². The van der Waals surface area contributed by atoms with Gasteiger partial charge in [0, 0.05) is 17.1 Å². The van der Waals surface area contributed by atoms with E-state index < -0.39 is 0 Å². The summed E-state index contributed by atoms with van der Waals surface area (Å²) in [4.78, 5) is 18.0. The second kappa shape index (κ2) is 6.04. The summed E-state index contributed by atoms with van der Waals surface area (Å²) < 4.78 is 2.03. The van der Waals surface area contributed by atoms with Crippen molar-refractivity contribution in [3.63, 3.8) is 0 Å². The molecule has 0 fully saturated rings. The predicted molar refractivity (Wildman–Crippen MR) is 102 cm³/mol. The second-order valence-corrected chi connectivity index (χ2v) is 6.17. The maximum Gasteiger partial charge on any atom is 0.197 e. The number of benzene rings is 2. The number of pyridine rings is 1. The highest BCUT2D eigenvalue weighted by molar-refractivity contribution is 5.79. The summed E-state index contributed by atoms with van der Waals surface area (Å²) in [6.45, 7) is 0.689. The van der Waals surface area contributed by atoms with Crippen LogP contribution in [0.1, 0.15) is 5.56 Å². The SMILES string of the molecule is c1ccc(-c2cnc3ncn(Cc4ccc5ncccc5c4)c3n2)cc1. The molecule has 0 N–H and O–H groups in total. The van der Waals surface area contributed by atoms with Crippen molar-refractivity contribution in [3.8, 4) is 11.3 Å². The first-order chi connectivity index (χ1) is 12.9. The molecule has 0 bridgehead atoms. The Morgan fingerprint density at radius 3 is 2.69 bits per heavy atom. The van der Waals surface area contributed by atoms with Crippen molar-refractivity contribution in [2.75, 3.05) is 0 Å². The van der Waals surface area contributed by atoms with Crippen LogP contribution >= 0.6 is 0 Å². The number of hydrogen-bond acceptors (Lipinski definition) is 4. The van der Waals surface area contributed by atoms with Crippen molar-refractivity contribution in [1.29, 1.82) is 0 Å². The topological polar surface area (TPSA) is 56.5 Å². The zero-order chi connectivity index (χ0) is 17.3. The van der Waals surface area contributed by atoms with Crippen molar-refractivity contribution in [2.24, 2.45) is 0 Å². The van der Waals surface area contributed by atoms with E-state index in [2.05, 4.69) is 33.2 Å². The number of nitrogens with zero attached hydrogens (tertiary/aromatic N) is 5. The first kappa shape index (κ1) is 14.7. The molecule has 0 aliphatic heterocycles. The molecule has 5 aromatic rings. The van der Waals surface area contributed by atoms with Gasteiger partial charge in [0.1, 0.15) is 0 Å². The smallest absolute Gasteiger partial charge is 0.197 e. The molecular weight excluding hydrogens is 322 g/mol. The molecule has 2 aromatic carbocycles. The first-order valence-electron chi connectivity index (χ1n) is 8.44. The molecule has 0 spiro atoms. The fourth-order valence-electron chi connectivity index (χ4n) is 3.12. The number of imidazole rings is 1. The van der Waals surface area contributed by atoms with Crippen LogP contribution in [0.15, 0.2) is 79.4 Å². The van der Waals surface area contributed by atoms with Crippen LogP contribution in [-0.4, -0.2) is 24.5 Å². The van der Waals surface area contributed by atoms with Gasteiger partial charge in [-0.1, -0.05) is 42.5 Å². The lowest BCUT2D eigenvalue weighted by atomic mass is 10.1. The maximum absolute atomic E-state index is 4.79. The molecule has 0 radical (unpaired) electrons. The van der Waals surface area contributed by atoms with Crippen molar-refractivity contribution < 1.29 is 0 Å². The molecule has 0 aliphatic carbocycles. The highest BCUT2D eigenvalue weighted by Gasteiger charge is 2.09. The van der Waals surface area contributed by atoms with Gasteiger partial charge in [0.05, 0.1) is 30.3 Å². The van der Waals surface area contributed by atoms with Gasteiger partial charge >= 0.3 is 0 Å².